The molecule has 0 radical (unpaired) electrons. The molecule has 0 bridgehead atoms. The molecule has 2 rings (SSSR count). The summed E-state index contributed by atoms with van der Waals surface area (Å²) < 4.78 is 0. The molecule has 15 heavy (non-hydrogen) atoms. The second-order valence-corrected chi connectivity index (χ2v) is 4.30. The van der Waals surface area contributed by atoms with Gasteiger partial charge in [-0.1, -0.05) is 11.6 Å². The van der Waals surface area contributed by atoms with E-state index in [1.807, 2.05) is 19.1 Å². The average Bonchev–Trinajstić information content (AvgIpc) is 2.25. The molecule has 0 fully saturated rings. The molecule has 3 nitrogen and oxygen atoms in total. The molecule has 1 N–H and O–H groups in total. The number of hydrogen-bond acceptors (Lipinski definition) is 2. The lowest BCUT2D eigenvalue weighted by Gasteiger charge is -2.16. The summed E-state index contributed by atoms with van der Waals surface area (Å²) in [5, 5.41) is 3.95. The van der Waals surface area contributed by atoms with Crippen LogP contribution >= 0.6 is 11.6 Å². The number of anilines is 2. The van der Waals surface area contributed by atoms with Crippen molar-refractivity contribution in [2.24, 2.45) is 0 Å². The first-order valence-corrected chi connectivity index (χ1v) is 5.28. The number of amides is 1. The van der Waals surface area contributed by atoms with E-state index in [9.17, 15) is 4.79 Å². The molecule has 1 aromatic carbocycles. The van der Waals surface area contributed by atoms with Gasteiger partial charge in [0.15, 0.2) is 0 Å². The van der Waals surface area contributed by atoms with Crippen LogP contribution in [0.15, 0.2) is 18.2 Å². The van der Waals surface area contributed by atoms with Crippen molar-refractivity contribution in [3.63, 3.8) is 0 Å². The first-order valence-electron chi connectivity index (χ1n) is 4.90. The van der Waals surface area contributed by atoms with Crippen LogP contribution in [0.25, 0.3) is 0 Å². The smallest absolute Gasteiger partial charge is 0.228 e. The third-order valence-electron chi connectivity index (χ3n) is 2.58. The summed E-state index contributed by atoms with van der Waals surface area (Å²) in [4.78, 5) is 13.4. The molecule has 0 spiro atoms. The quantitative estimate of drug-likeness (QED) is 0.735. The molecule has 80 valence electrons. The number of fused-ring (bicyclic) bond motifs is 1. The van der Waals surface area contributed by atoms with Crippen LogP contribution in [0.5, 0.6) is 0 Å². The number of rotatable bonds is 0. The fourth-order valence-corrected chi connectivity index (χ4v) is 1.94. The van der Waals surface area contributed by atoms with E-state index in [4.69, 9.17) is 11.6 Å². The van der Waals surface area contributed by atoms with E-state index in [-0.39, 0.29) is 11.9 Å². The first kappa shape index (κ1) is 10.3. The zero-order valence-electron chi connectivity index (χ0n) is 8.75. The molecule has 0 unspecified atom stereocenters. The molecule has 1 aliphatic rings. The lowest BCUT2D eigenvalue weighted by atomic mass is 10.2. The van der Waals surface area contributed by atoms with Crippen LogP contribution in [0.4, 0.5) is 11.4 Å². The molecule has 1 aromatic rings. The highest BCUT2D eigenvalue weighted by Crippen LogP contribution is 2.31. The van der Waals surface area contributed by atoms with E-state index >= 15 is 0 Å². The summed E-state index contributed by atoms with van der Waals surface area (Å²) in [6.45, 7) is 1.99. The van der Waals surface area contributed by atoms with Gasteiger partial charge >= 0.3 is 0 Å². The van der Waals surface area contributed by atoms with Crippen LogP contribution in [-0.2, 0) is 4.79 Å². The van der Waals surface area contributed by atoms with Gasteiger partial charge in [0.2, 0.25) is 5.91 Å². The number of carbonyl (C=O) groups excluding carboxylic acids is 1. The minimum Gasteiger partial charge on any atom is -0.380 e. The molecule has 1 heterocycles. The van der Waals surface area contributed by atoms with E-state index in [1.54, 1.807) is 18.0 Å². The van der Waals surface area contributed by atoms with Crippen LogP contribution in [0, 0.1) is 0 Å². The van der Waals surface area contributed by atoms with Gasteiger partial charge in [0.25, 0.3) is 0 Å². The van der Waals surface area contributed by atoms with Crippen molar-refractivity contribution < 1.29 is 4.79 Å². The molecule has 4 heteroatoms. The predicted octanol–water partition coefficient (Wildman–Crippen LogP) is 2.51. The number of halogens is 1. The first-order chi connectivity index (χ1) is 7.08. The lowest BCUT2D eigenvalue weighted by Crippen LogP contribution is -2.27. The van der Waals surface area contributed by atoms with E-state index in [0.717, 1.165) is 11.4 Å². The van der Waals surface area contributed by atoms with Crippen LogP contribution in [0.1, 0.15) is 13.3 Å². The van der Waals surface area contributed by atoms with Gasteiger partial charge in [-0.05, 0) is 25.1 Å². The van der Waals surface area contributed by atoms with E-state index < -0.39 is 0 Å². The van der Waals surface area contributed by atoms with Gasteiger partial charge in [-0.3, -0.25) is 4.79 Å². The molecule has 1 aliphatic heterocycles. The Labute approximate surface area is 94.0 Å². The molecule has 0 saturated carbocycles. The molecular formula is C11H13ClN2O. The topological polar surface area (TPSA) is 32.3 Å². The summed E-state index contributed by atoms with van der Waals surface area (Å²) in [6.07, 6.45) is 0.503. The van der Waals surface area contributed by atoms with E-state index in [2.05, 4.69) is 5.32 Å². The summed E-state index contributed by atoms with van der Waals surface area (Å²) in [5.41, 5.74) is 1.80. The number of carbonyl (C=O) groups is 1. The van der Waals surface area contributed by atoms with Crippen molar-refractivity contribution in [2.45, 2.75) is 19.4 Å². The zero-order chi connectivity index (χ0) is 11.0. The molecule has 1 amide bonds. The molecular weight excluding hydrogens is 212 g/mol. The van der Waals surface area contributed by atoms with Crippen molar-refractivity contribution in [1.29, 1.82) is 0 Å². The van der Waals surface area contributed by atoms with Gasteiger partial charge < -0.3 is 10.2 Å². The minimum absolute atomic E-state index is 0.121. The van der Waals surface area contributed by atoms with Gasteiger partial charge in [0.05, 0.1) is 11.4 Å². The Morgan fingerprint density at radius 3 is 3.00 bits per heavy atom. The van der Waals surface area contributed by atoms with Crippen LogP contribution < -0.4 is 10.2 Å². The van der Waals surface area contributed by atoms with Crippen molar-refractivity contribution in [2.75, 3.05) is 17.3 Å². The van der Waals surface area contributed by atoms with Gasteiger partial charge in [-0.2, -0.15) is 0 Å². The minimum atomic E-state index is 0.121. The highest BCUT2D eigenvalue weighted by atomic mass is 35.5. The highest BCUT2D eigenvalue weighted by molar-refractivity contribution is 6.31. The number of nitrogens with one attached hydrogen (secondary N) is 1. The molecule has 0 aromatic heterocycles. The predicted molar refractivity (Wildman–Crippen MR) is 62.6 cm³/mol. The monoisotopic (exact) mass is 224 g/mol. The Bertz CT molecular complexity index is 406. The second-order valence-electron chi connectivity index (χ2n) is 3.86. The van der Waals surface area contributed by atoms with E-state index in [1.165, 1.54) is 0 Å². The van der Waals surface area contributed by atoms with Gasteiger partial charge in [0.1, 0.15) is 0 Å². The van der Waals surface area contributed by atoms with Gasteiger partial charge in [0, 0.05) is 24.5 Å². The van der Waals surface area contributed by atoms with Gasteiger partial charge in [-0.15, -0.1) is 0 Å². The lowest BCUT2D eigenvalue weighted by molar-refractivity contribution is -0.118. The standard InChI is InChI=1S/C11H13ClN2O/c1-7-5-11(15)14(2)10-4-3-8(12)6-9(10)13-7/h3-4,6-7,13H,5H2,1-2H3/t7-/m0/s1. The Balaban J connectivity index is 2.49. The normalized spacial score (nSPS) is 20.6. The number of benzene rings is 1. The fourth-order valence-electron chi connectivity index (χ4n) is 1.77. The maximum Gasteiger partial charge on any atom is 0.228 e. The largest absolute Gasteiger partial charge is 0.380 e. The Morgan fingerprint density at radius 2 is 2.27 bits per heavy atom. The number of hydrogen-bond donors (Lipinski definition) is 1. The maximum atomic E-state index is 11.7. The summed E-state index contributed by atoms with van der Waals surface area (Å²) in [7, 11) is 1.79. The Hall–Kier alpha value is -1.22. The van der Waals surface area contributed by atoms with Crippen LogP contribution in [0.3, 0.4) is 0 Å². The fraction of sp³-hybridized carbons (Fsp3) is 0.364. The second kappa shape index (κ2) is 3.74. The Morgan fingerprint density at radius 1 is 1.53 bits per heavy atom. The summed E-state index contributed by atoms with van der Waals surface area (Å²) >= 11 is 5.92. The molecule has 1 atom stereocenters. The van der Waals surface area contributed by atoms with Crippen molar-refractivity contribution in [3.8, 4) is 0 Å². The molecule has 0 saturated heterocycles. The highest BCUT2D eigenvalue weighted by Gasteiger charge is 2.22. The maximum absolute atomic E-state index is 11.7. The SMILES string of the molecule is C[C@H]1CC(=O)N(C)c2ccc(Cl)cc2N1. The van der Waals surface area contributed by atoms with Crippen LogP contribution in [-0.4, -0.2) is 19.0 Å². The van der Waals surface area contributed by atoms with E-state index in [0.29, 0.717) is 11.4 Å². The zero-order valence-corrected chi connectivity index (χ0v) is 9.51. The van der Waals surface area contributed by atoms with Crippen LogP contribution in [0.2, 0.25) is 5.02 Å². The number of nitrogens with zero attached hydrogens (tertiary/aromatic N) is 1. The third kappa shape index (κ3) is 1.92. The summed E-state index contributed by atoms with van der Waals surface area (Å²) in [5.74, 6) is 0.121. The third-order valence-corrected chi connectivity index (χ3v) is 2.81. The van der Waals surface area contributed by atoms with Crippen molar-refractivity contribution >= 4 is 28.9 Å². The summed E-state index contributed by atoms with van der Waals surface area (Å²) in [6, 6.07) is 5.64. The van der Waals surface area contributed by atoms with Crippen molar-refractivity contribution in [1.82, 2.24) is 0 Å². The van der Waals surface area contributed by atoms with Gasteiger partial charge in [-0.25, -0.2) is 0 Å². The average molecular weight is 225 g/mol. The molecule has 0 aliphatic carbocycles. The van der Waals surface area contributed by atoms with Crippen molar-refractivity contribution in [3.05, 3.63) is 23.2 Å². The Kier molecular flexibility index (Phi) is 2.57.